The van der Waals surface area contributed by atoms with Gasteiger partial charge in [0.05, 0.1) is 24.4 Å². The lowest BCUT2D eigenvalue weighted by molar-refractivity contribution is 0.0948. The van der Waals surface area contributed by atoms with Gasteiger partial charge in [-0.1, -0.05) is 18.5 Å². The summed E-state index contributed by atoms with van der Waals surface area (Å²) in [5.74, 6) is 0.732. The molecule has 0 amide bonds. The minimum absolute atomic E-state index is 0.117. The summed E-state index contributed by atoms with van der Waals surface area (Å²) in [4.78, 5) is 12.1. The third-order valence-corrected chi connectivity index (χ3v) is 3.26. The molecule has 0 radical (unpaired) electrons. The maximum Gasteiger partial charge on any atom is 0.185 e. The molecule has 1 saturated carbocycles. The second-order valence-electron chi connectivity index (χ2n) is 4.24. The van der Waals surface area contributed by atoms with Crippen molar-refractivity contribution in [1.29, 1.82) is 0 Å². The number of ketones is 1. The highest BCUT2D eigenvalue weighted by molar-refractivity contribution is 6.33. The molecule has 1 fully saturated rings. The number of rotatable bonds is 5. The molecule has 88 valence electrons. The second-order valence-corrected chi connectivity index (χ2v) is 4.65. The molecule has 1 aromatic rings. The fraction of sp³-hybridized carbons (Fsp3) is 0.636. The summed E-state index contributed by atoms with van der Waals surface area (Å²) in [5, 5.41) is 4.54. The van der Waals surface area contributed by atoms with E-state index in [2.05, 4.69) is 12.0 Å². The molecule has 1 aromatic heterocycles. The van der Waals surface area contributed by atoms with Crippen molar-refractivity contribution in [2.45, 2.75) is 19.9 Å². The summed E-state index contributed by atoms with van der Waals surface area (Å²) < 4.78 is 6.61. The molecule has 1 aliphatic rings. The van der Waals surface area contributed by atoms with Crippen molar-refractivity contribution in [2.24, 2.45) is 11.8 Å². The highest BCUT2D eigenvalue weighted by atomic mass is 35.5. The topological polar surface area (TPSA) is 44.1 Å². The molecule has 5 heteroatoms. The van der Waals surface area contributed by atoms with E-state index in [-0.39, 0.29) is 11.7 Å². The maximum absolute atomic E-state index is 12.1. The molecule has 2 rings (SSSR count). The van der Waals surface area contributed by atoms with Crippen LogP contribution in [0.1, 0.15) is 23.8 Å². The summed E-state index contributed by atoms with van der Waals surface area (Å²) in [6.07, 6.45) is 2.49. The highest BCUT2D eigenvalue weighted by Crippen LogP contribution is 2.41. The Morgan fingerprint density at radius 2 is 2.44 bits per heavy atom. The lowest BCUT2D eigenvalue weighted by Gasteiger charge is -2.06. The zero-order valence-corrected chi connectivity index (χ0v) is 10.2. The number of methoxy groups -OCH3 is 1. The summed E-state index contributed by atoms with van der Waals surface area (Å²) in [6.45, 7) is 3.16. The molecule has 2 unspecified atom stereocenters. The van der Waals surface area contributed by atoms with E-state index in [9.17, 15) is 4.79 Å². The number of aromatic nitrogens is 2. The normalized spacial score (nSPS) is 23.4. The van der Waals surface area contributed by atoms with Gasteiger partial charge in [0.15, 0.2) is 5.78 Å². The number of Topliss-reactive ketones (excluding diaryl/α,β-unsaturated/α-hetero) is 1. The van der Waals surface area contributed by atoms with Gasteiger partial charge in [-0.25, -0.2) is 0 Å². The predicted molar refractivity (Wildman–Crippen MR) is 60.7 cm³/mol. The number of carbonyl (C=O) groups excluding carboxylic acids is 1. The van der Waals surface area contributed by atoms with Crippen molar-refractivity contribution in [2.75, 3.05) is 13.7 Å². The van der Waals surface area contributed by atoms with Gasteiger partial charge in [0.25, 0.3) is 0 Å². The SMILES string of the molecule is COCCn1ncc(Cl)c1C(=O)C1CC1C. The van der Waals surface area contributed by atoms with E-state index in [1.54, 1.807) is 11.8 Å². The van der Waals surface area contributed by atoms with E-state index >= 15 is 0 Å². The van der Waals surface area contributed by atoms with Crippen LogP contribution >= 0.6 is 11.6 Å². The molecule has 2 atom stereocenters. The van der Waals surface area contributed by atoms with E-state index < -0.39 is 0 Å². The summed E-state index contributed by atoms with van der Waals surface area (Å²) in [7, 11) is 1.62. The average Bonchev–Trinajstić information content (AvgIpc) is 2.87. The fourth-order valence-corrected chi connectivity index (χ4v) is 2.05. The molecule has 0 aliphatic heterocycles. The third-order valence-electron chi connectivity index (χ3n) is 2.98. The predicted octanol–water partition coefficient (Wildman–Crippen LogP) is 2.02. The van der Waals surface area contributed by atoms with Crippen LogP contribution in [0, 0.1) is 11.8 Å². The largest absolute Gasteiger partial charge is 0.383 e. The Kier molecular flexibility index (Phi) is 3.30. The molecule has 0 bridgehead atoms. The van der Waals surface area contributed by atoms with Crippen LogP contribution in [0.15, 0.2) is 6.20 Å². The van der Waals surface area contributed by atoms with Crippen LogP contribution in [0.5, 0.6) is 0 Å². The van der Waals surface area contributed by atoms with Crippen molar-refractivity contribution >= 4 is 17.4 Å². The van der Waals surface area contributed by atoms with Gasteiger partial charge in [0.1, 0.15) is 5.69 Å². The quantitative estimate of drug-likeness (QED) is 0.742. The number of ether oxygens (including phenoxy) is 1. The number of carbonyl (C=O) groups is 1. The van der Waals surface area contributed by atoms with Gasteiger partial charge in [-0.3, -0.25) is 9.48 Å². The van der Waals surface area contributed by atoms with Crippen LogP contribution in [0.25, 0.3) is 0 Å². The fourth-order valence-electron chi connectivity index (χ4n) is 1.82. The Morgan fingerprint density at radius 1 is 1.75 bits per heavy atom. The summed E-state index contributed by atoms with van der Waals surface area (Å²) >= 11 is 5.99. The first-order valence-electron chi connectivity index (χ1n) is 5.39. The van der Waals surface area contributed by atoms with Crippen molar-refractivity contribution in [3.05, 3.63) is 16.9 Å². The number of halogens is 1. The van der Waals surface area contributed by atoms with Crippen LogP contribution < -0.4 is 0 Å². The van der Waals surface area contributed by atoms with Gasteiger partial charge in [0.2, 0.25) is 0 Å². The van der Waals surface area contributed by atoms with E-state index in [1.807, 2.05) is 0 Å². The first-order chi connectivity index (χ1) is 7.65. The summed E-state index contributed by atoms with van der Waals surface area (Å²) in [5.41, 5.74) is 0.535. The molecular formula is C11H15ClN2O2. The number of hydrogen-bond donors (Lipinski definition) is 0. The van der Waals surface area contributed by atoms with E-state index in [4.69, 9.17) is 16.3 Å². The van der Waals surface area contributed by atoms with Crippen molar-refractivity contribution in [1.82, 2.24) is 9.78 Å². The van der Waals surface area contributed by atoms with Crippen LogP contribution in [0.2, 0.25) is 5.02 Å². The smallest absolute Gasteiger partial charge is 0.185 e. The lowest BCUT2D eigenvalue weighted by Crippen LogP contribution is -2.15. The second kappa shape index (κ2) is 4.55. The van der Waals surface area contributed by atoms with Gasteiger partial charge in [-0.2, -0.15) is 5.10 Å². The summed E-state index contributed by atoms with van der Waals surface area (Å²) in [6, 6.07) is 0. The molecule has 16 heavy (non-hydrogen) atoms. The molecule has 4 nitrogen and oxygen atoms in total. The lowest BCUT2D eigenvalue weighted by atomic mass is 10.1. The molecule has 1 heterocycles. The molecule has 0 N–H and O–H groups in total. The van der Waals surface area contributed by atoms with Crippen molar-refractivity contribution in [3.8, 4) is 0 Å². The number of hydrogen-bond acceptors (Lipinski definition) is 3. The zero-order chi connectivity index (χ0) is 11.7. The average molecular weight is 243 g/mol. The Balaban J connectivity index is 2.17. The number of nitrogens with zero attached hydrogens (tertiary/aromatic N) is 2. The Morgan fingerprint density at radius 3 is 3.00 bits per heavy atom. The Hall–Kier alpha value is -0.870. The zero-order valence-electron chi connectivity index (χ0n) is 9.44. The Bertz CT molecular complexity index is 403. The van der Waals surface area contributed by atoms with E-state index in [0.29, 0.717) is 29.8 Å². The van der Waals surface area contributed by atoms with Crippen LogP contribution in [-0.2, 0) is 11.3 Å². The standard InChI is InChI=1S/C11H15ClN2O2/c1-7-5-8(7)11(15)10-9(12)6-13-14(10)3-4-16-2/h6-8H,3-5H2,1-2H3. The van der Waals surface area contributed by atoms with Crippen LogP contribution in [0.4, 0.5) is 0 Å². The monoisotopic (exact) mass is 242 g/mol. The molecule has 1 aliphatic carbocycles. The first-order valence-corrected chi connectivity index (χ1v) is 5.77. The van der Waals surface area contributed by atoms with Crippen LogP contribution in [0.3, 0.4) is 0 Å². The van der Waals surface area contributed by atoms with Gasteiger partial charge < -0.3 is 4.74 Å². The van der Waals surface area contributed by atoms with Gasteiger partial charge in [0, 0.05) is 13.0 Å². The minimum Gasteiger partial charge on any atom is -0.383 e. The molecule has 0 saturated heterocycles. The molecular weight excluding hydrogens is 228 g/mol. The molecule has 0 spiro atoms. The van der Waals surface area contributed by atoms with Gasteiger partial charge in [-0.15, -0.1) is 0 Å². The Labute approximate surface area is 99.5 Å². The molecule has 0 aromatic carbocycles. The third kappa shape index (κ3) is 2.13. The van der Waals surface area contributed by atoms with Crippen LogP contribution in [-0.4, -0.2) is 29.3 Å². The van der Waals surface area contributed by atoms with Crippen molar-refractivity contribution in [3.63, 3.8) is 0 Å². The first kappa shape index (κ1) is 11.6. The van der Waals surface area contributed by atoms with E-state index in [1.165, 1.54) is 6.20 Å². The van der Waals surface area contributed by atoms with Gasteiger partial charge >= 0.3 is 0 Å². The highest BCUT2D eigenvalue weighted by Gasteiger charge is 2.41. The van der Waals surface area contributed by atoms with Gasteiger partial charge in [-0.05, 0) is 12.3 Å². The maximum atomic E-state index is 12.1. The minimum atomic E-state index is 0.117. The van der Waals surface area contributed by atoms with Crippen molar-refractivity contribution < 1.29 is 9.53 Å². The van der Waals surface area contributed by atoms with E-state index in [0.717, 1.165) is 6.42 Å².